The third-order valence-electron chi connectivity index (χ3n) is 5.83. The van der Waals surface area contributed by atoms with Crippen LogP contribution in [0.15, 0.2) is 88.6 Å². The number of benzene rings is 2. The molecule has 1 aromatic heterocycles. The van der Waals surface area contributed by atoms with E-state index in [1.165, 1.54) is 24.3 Å². The molecule has 0 spiro atoms. The summed E-state index contributed by atoms with van der Waals surface area (Å²) in [6.45, 7) is 1.33. The molecule has 2 atom stereocenters. The minimum atomic E-state index is -0.340. The van der Waals surface area contributed by atoms with E-state index in [1.807, 2.05) is 18.2 Å². The molecule has 2 unspecified atom stereocenters. The van der Waals surface area contributed by atoms with Gasteiger partial charge in [-0.1, -0.05) is 17.7 Å². The van der Waals surface area contributed by atoms with Gasteiger partial charge < -0.3 is 21.3 Å². The van der Waals surface area contributed by atoms with Crippen LogP contribution in [0.3, 0.4) is 0 Å². The predicted molar refractivity (Wildman–Crippen MR) is 147 cm³/mol. The zero-order valence-electron chi connectivity index (χ0n) is 20.2. The molecule has 1 aliphatic carbocycles. The molecule has 0 bridgehead atoms. The molecule has 11 heteroatoms. The first-order chi connectivity index (χ1) is 18.5. The highest BCUT2D eigenvalue weighted by Gasteiger charge is 2.25. The Morgan fingerprint density at radius 1 is 0.763 bits per heavy atom. The Kier molecular flexibility index (Phi) is 7.89. The lowest BCUT2D eigenvalue weighted by atomic mass is 9.90. The Labute approximate surface area is 223 Å². The molecule has 38 heavy (non-hydrogen) atoms. The summed E-state index contributed by atoms with van der Waals surface area (Å²) in [6, 6.07) is 11.7. The number of rotatable bonds is 10. The lowest BCUT2D eigenvalue weighted by Gasteiger charge is -2.27. The second-order valence-corrected chi connectivity index (χ2v) is 9.06. The number of dihydropyridines is 1. The van der Waals surface area contributed by atoms with Gasteiger partial charge in [-0.05, 0) is 73.2 Å². The molecule has 0 saturated heterocycles. The van der Waals surface area contributed by atoms with Crippen molar-refractivity contribution >= 4 is 47.0 Å². The van der Waals surface area contributed by atoms with Crippen molar-refractivity contribution in [3.63, 3.8) is 0 Å². The summed E-state index contributed by atoms with van der Waals surface area (Å²) in [6.07, 6.45) is 10.5. The minimum absolute atomic E-state index is 0.0161. The first-order valence-electron chi connectivity index (χ1n) is 12.1. The topological polar surface area (TPSA) is 99.2 Å². The van der Waals surface area contributed by atoms with Crippen molar-refractivity contribution in [1.29, 1.82) is 0 Å². The van der Waals surface area contributed by atoms with Gasteiger partial charge in [-0.3, -0.25) is 4.99 Å². The minimum Gasteiger partial charge on any atom is -0.388 e. The summed E-state index contributed by atoms with van der Waals surface area (Å²) in [4.78, 5) is 17.8. The van der Waals surface area contributed by atoms with Gasteiger partial charge in [0.2, 0.25) is 17.8 Å². The number of nitrogens with one attached hydrogen (secondary N) is 4. The number of hydrogen-bond acceptors (Lipinski definition) is 8. The van der Waals surface area contributed by atoms with Crippen LogP contribution in [0.25, 0.3) is 0 Å². The molecule has 5 rings (SSSR count). The van der Waals surface area contributed by atoms with E-state index in [2.05, 4.69) is 47.3 Å². The van der Waals surface area contributed by atoms with Crippen LogP contribution in [0.5, 0.6) is 0 Å². The Hall–Kier alpha value is -4.31. The van der Waals surface area contributed by atoms with E-state index in [1.54, 1.807) is 30.5 Å². The number of aromatic nitrogens is 3. The Morgan fingerprint density at radius 2 is 1.34 bits per heavy atom. The number of halogens is 3. The zero-order chi connectivity index (χ0) is 26.3. The number of aliphatic imine (C=N–C) groups is 1. The van der Waals surface area contributed by atoms with Crippen LogP contribution in [-0.4, -0.2) is 40.3 Å². The highest BCUT2D eigenvalue weighted by atomic mass is 35.5. The van der Waals surface area contributed by atoms with Crippen molar-refractivity contribution in [2.24, 2.45) is 10.9 Å². The van der Waals surface area contributed by atoms with Crippen LogP contribution >= 0.6 is 11.6 Å². The largest absolute Gasteiger partial charge is 0.388 e. The number of allylic oxidation sites excluding steroid dienone is 3. The molecule has 4 N–H and O–H groups in total. The van der Waals surface area contributed by atoms with Crippen LogP contribution in [-0.2, 0) is 0 Å². The fourth-order valence-corrected chi connectivity index (χ4v) is 4.18. The number of anilines is 5. The quantitative estimate of drug-likeness (QED) is 0.249. The molecule has 0 fully saturated rings. The Bertz CT molecular complexity index is 1320. The summed E-state index contributed by atoms with van der Waals surface area (Å²) >= 11 is 6.11. The summed E-state index contributed by atoms with van der Waals surface area (Å²) in [7, 11) is 0. The van der Waals surface area contributed by atoms with Crippen molar-refractivity contribution in [2.45, 2.75) is 12.5 Å². The van der Waals surface area contributed by atoms with Gasteiger partial charge >= 0.3 is 0 Å². The predicted octanol–water partition coefficient (Wildman–Crippen LogP) is 5.67. The van der Waals surface area contributed by atoms with Crippen LogP contribution in [0, 0.1) is 17.6 Å². The van der Waals surface area contributed by atoms with Crippen LogP contribution in [0.2, 0.25) is 0 Å². The highest BCUT2D eigenvalue weighted by molar-refractivity contribution is 6.31. The van der Waals surface area contributed by atoms with E-state index in [4.69, 9.17) is 11.6 Å². The second-order valence-electron chi connectivity index (χ2n) is 8.62. The van der Waals surface area contributed by atoms with Gasteiger partial charge in [0.1, 0.15) is 11.6 Å². The summed E-state index contributed by atoms with van der Waals surface area (Å²) in [5, 5.41) is 13.5. The molecule has 8 nitrogen and oxygen atoms in total. The fourth-order valence-electron chi connectivity index (χ4n) is 3.98. The van der Waals surface area contributed by atoms with Crippen molar-refractivity contribution in [2.75, 3.05) is 29.0 Å². The number of fused-ring (bicyclic) bond motifs is 1. The average Bonchev–Trinajstić information content (AvgIpc) is 2.91. The first kappa shape index (κ1) is 25.3. The molecular weight excluding hydrogens is 510 g/mol. The molecule has 2 aliphatic rings. The maximum absolute atomic E-state index is 13.3. The monoisotopic (exact) mass is 534 g/mol. The molecule has 3 aromatic rings. The molecule has 2 heterocycles. The zero-order valence-corrected chi connectivity index (χ0v) is 21.0. The maximum atomic E-state index is 13.3. The van der Waals surface area contributed by atoms with Gasteiger partial charge in [0.15, 0.2) is 0 Å². The lowest BCUT2D eigenvalue weighted by Crippen LogP contribution is -2.31. The summed E-state index contributed by atoms with van der Waals surface area (Å²) in [5.41, 5.74) is 2.34. The van der Waals surface area contributed by atoms with Gasteiger partial charge in [-0.25, -0.2) is 8.78 Å². The molecule has 0 amide bonds. The van der Waals surface area contributed by atoms with Gasteiger partial charge in [-0.15, -0.1) is 0 Å². The molecule has 194 valence electrons. The molecule has 0 radical (unpaired) electrons. The standard InChI is InChI=1S/C27H25ClF2N8/c28-17-2-11-22-23(12-15-32-24(22)16-17)31-13-1-14-33-25-36-26(34-20-7-3-18(29)4-8-20)38-27(37-25)35-21-9-5-19(30)6-10-21/h2-12,15-16,22,24,31H,1,13-14H2,(H3,33,34,35,36,37,38). The highest BCUT2D eigenvalue weighted by Crippen LogP contribution is 2.28. The number of hydrogen-bond donors (Lipinski definition) is 4. The molecule has 0 saturated carbocycles. The lowest BCUT2D eigenvalue weighted by molar-refractivity contribution is 0.581. The van der Waals surface area contributed by atoms with E-state index in [-0.39, 0.29) is 35.5 Å². The van der Waals surface area contributed by atoms with Crippen LogP contribution in [0.1, 0.15) is 6.42 Å². The average molecular weight is 535 g/mol. The van der Waals surface area contributed by atoms with Gasteiger partial charge in [-0.2, -0.15) is 15.0 Å². The van der Waals surface area contributed by atoms with Crippen molar-refractivity contribution < 1.29 is 8.78 Å². The van der Waals surface area contributed by atoms with Crippen molar-refractivity contribution in [3.8, 4) is 0 Å². The maximum Gasteiger partial charge on any atom is 0.233 e. The van der Waals surface area contributed by atoms with Gasteiger partial charge in [0.05, 0.1) is 6.04 Å². The third-order valence-corrected chi connectivity index (χ3v) is 6.09. The van der Waals surface area contributed by atoms with Gasteiger partial charge in [0, 0.05) is 47.3 Å². The SMILES string of the molecule is Fc1ccc(Nc2nc(NCCCNC3=CC=NC4C=C(Cl)C=CC34)nc(Nc3ccc(F)cc3)n2)cc1. The molecular formula is C27H25ClF2N8. The summed E-state index contributed by atoms with van der Waals surface area (Å²) in [5.74, 6) is 0.364. The fraction of sp³-hybridized carbons (Fsp3) is 0.185. The Morgan fingerprint density at radius 3 is 1.97 bits per heavy atom. The third kappa shape index (κ3) is 6.71. The smallest absolute Gasteiger partial charge is 0.233 e. The first-order valence-corrected chi connectivity index (χ1v) is 12.5. The molecule has 1 aliphatic heterocycles. The van der Waals surface area contributed by atoms with Crippen molar-refractivity contribution in [3.05, 3.63) is 95.2 Å². The number of nitrogens with zero attached hydrogens (tertiary/aromatic N) is 4. The van der Waals surface area contributed by atoms with Crippen LogP contribution < -0.4 is 21.3 Å². The second kappa shape index (κ2) is 11.8. The molecule has 2 aromatic carbocycles. The van der Waals surface area contributed by atoms with Gasteiger partial charge in [0.25, 0.3) is 0 Å². The van der Waals surface area contributed by atoms with E-state index in [9.17, 15) is 8.78 Å². The normalized spacial score (nSPS) is 17.8. The van der Waals surface area contributed by atoms with E-state index in [0.29, 0.717) is 28.9 Å². The van der Waals surface area contributed by atoms with E-state index < -0.39 is 0 Å². The van der Waals surface area contributed by atoms with E-state index in [0.717, 1.165) is 18.7 Å². The van der Waals surface area contributed by atoms with E-state index >= 15 is 0 Å². The Balaban J connectivity index is 1.21. The summed E-state index contributed by atoms with van der Waals surface area (Å²) < 4.78 is 26.6. The van der Waals surface area contributed by atoms with Crippen LogP contribution in [0.4, 0.5) is 38.0 Å². The van der Waals surface area contributed by atoms with Crippen molar-refractivity contribution in [1.82, 2.24) is 20.3 Å².